The average Bonchev–Trinajstić information content (AvgIpc) is 2.48. The molecular weight excluding hydrogens is 315 g/mol. The van der Waals surface area contributed by atoms with Crippen molar-refractivity contribution in [2.45, 2.75) is 17.8 Å². The molecule has 0 bridgehead atoms. The standard InChI is InChI=1S/C14H12F3N3OS/c15-14(16,17)11-6-8-18-13(20-11)22-9-7-12(21)19-10-4-2-1-3-5-10/h1-6,8H,7,9H2,(H,19,21). The van der Waals surface area contributed by atoms with Gasteiger partial charge in [0.25, 0.3) is 0 Å². The Bertz CT molecular complexity index is 635. The Hall–Kier alpha value is -2.09. The molecule has 2 aromatic rings. The quantitative estimate of drug-likeness (QED) is 0.673. The van der Waals surface area contributed by atoms with Gasteiger partial charge in [0.05, 0.1) is 0 Å². The van der Waals surface area contributed by atoms with Crippen molar-refractivity contribution in [3.63, 3.8) is 0 Å². The number of benzene rings is 1. The third-order valence-corrected chi connectivity index (χ3v) is 3.40. The molecular formula is C14H12F3N3OS. The van der Waals surface area contributed by atoms with Crippen molar-refractivity contribution in [2.75, 3.05) is 11.1 Å². The Morgan fingerprint density at radius 1 is 1.18 bits per heavy atom. The first kappa shape index (κ1) is 16.3. The van der Waals surface area contributed by atoms with E-state index in [1.165, 1.54) is 0 Å². The van der Waals surface area contributed by atoms with Crippen molar-refractivity contribution in [2.24, 2.45) is 0 Å². The number of alkyl halides is 3. The highest BCUT2D eigenvalue weighted by molar-refractivity contribution is 7.99. The summed E-state index contributed by atoms with van der Waals surface area (Å²) in [6.45, 7) is 0. The minimum Gasteiger partial charge on any atom is -0.326 e. The number of anilines is 1. The number of para-hydroxylation sites is 1. The van der Waals surface area contributed by atoms with Gasteiger partial charge < -0.3 is 5.32 Å². The van der Waals surface area contributed by atoms with E-state index in [-0.39, 0.29) is 17.5 Å². The monoisotopic (exact) mass is 327 g/mol. The summed E-state index contributed by atoms with van der Waals surface area (Å²) in [5.41, 5.74) is -0.313. The summed E-state index contributed by atoms with van der Waals surface area (Å²) in [4.78, 5) is 18.9. The van der Waals surface area contributed by atoms with E-state index >= 15 is 0 Å². The lowest BCUT2D eigenvalue weighted by molar-refractivity contribution is -0.141. The van der Waals surface area contributed by atoms with E-state index < -0.39 is 11.9 Å². The zero-order chi connectivity index (χ0) is 16.0. The third-order valence-electron chi connectivity index (χ3n) is 2.54. The molecule has 8 heteroatoms. The van der Waals surface area contributed by atoms with Crippen LogP contribution < -0.4 is 5.32 Å². The van der Waals surface area contributed by atoms with E-state index in [4.69, 9.17) is 0 Å². The highest BCUT2D eigenvalue weighted by Gasteiger charge is 2.32. The molecule has 116 valence electrons. The number of rotatable bonds is 5. The lowest BCUT2D eigenvalue weighted by Crippen LogP contribution is -2.12. The van der Waals surface area contributed by atoms with Crippen molar-refractivity contribution >= 4 is 23.4 Å². The Kier molecular flexibility index (Phi) is 5.37. The largest absolute Gasteiger partial charge is 0.433 e. The van der Waals surface area contributed by atoms with Gasteiger partial charge in [-0.2, -0.15) is 13.2 Å². The number of aromatic nitrogens is 2. The van der Waals surface area contributed by atoms with E-state index in [1.807, 2.05) is 6.07 Å². The van der Waals surface area contributed by atoms with E-state index in [0.29, 0.717) is 11.4 Å². The zero-order valence-corrected chi connectivity index (χ0v) is 12.1. The summed E-state index contributed by atoms with van der Waals surface area (Å²) in [6.07, 6.45) is -3.29. The second-order valence-electron chi connectivity index (χ2n) is 4.23. The zero-order valence-electron chi connectivity index (χ0n) is 11.3. The Labute approximate surface area is 129 Å². The number of hydrogen-bond donors (Lipinski definition) is 1. The van der Waals surface area contributed by atoms with Gasteiger partial charge in [0.15, 0.2) is 5.16 Å². The molecule has 4 nitrogen and oxygen atoms in total. The summed E-state index contributed by atoms with van der Waals surface area (Å²) in [7, 11) is 0. The molecule has 0 aliphatic rings. The van der Waals surface area contributed by atoms with E-state index in [9.17, 15) is 18.0 Å². The van der Waals surface area contributed by atoms with Crippen LogP contribution in [0.15, 0.2) is 47.8 Å². The minimum atomic E-state index is -4.50. The van der Waals surface area contributed by atoms with Crippen molar-refractivity contribution in [3.05, 3.63) is 48.3 Å². The number of nitrogens with zero attached hydrogens (tertiary/aromatic N) is 2. The minimum absolute atomic E-state index is 0.00216. The summed E-state index contributed by atoms with van der Waals surface area (Å²) >= 11 is 1.01. The number of hydrogen-bond acceptors (Lipinski definition) is 4. The second-order valence-corrected chi connectivity index (χ2v) is 5.30. The van der Waals surface area contributed by atoms with Gasteiger partial charge in [0.1, 0.15) is 5.69 Å². The number of halogens is 3. The van der Waals surface area contributed by atoms with Gasteiger partial charge in [-0.1, -0.05) is 30.0 Å². The predicted octanol–water partition coefficient (Wildman–Crippen LogP) is 3.62. The molecule has 0 aliphatic carbocycles. The fraction of sp³-hybridized carbons (Fsp3) is 0.214. The lowest BCUT2D eigenvalue weighted by Gasteiger charge is -2.07. The van der Waals surface area contributed by atoms with Crippen LogP contribution in [0.4, 0.5) is 18.9 Å². The van der Waals surface area contributed by atoms with E-state index in [0.717, 1.165) is 24.0 Å². The first-order valence-electron chi connectivity index (χ1n) is 6.33. The topological polar surface area (TPSA) is 54.9 Å². The molecule has 0 saturated heterocycles. The van der Waals surface area contributed by atoms with E-state index in [1.54, 1.807) is 24.3 Å². The number of thioether (sulfide) groups is 1. The van der Waals surface area contributed by atoms with Gasteiger partial charge in [-0.3, -0.25) is 4.79 Å². The van der Waals surface area contributed by atoms with Crippen LogP contribution in [0.2, 0.25) is 0 Å². The molecule has 1 heterocycles. The van der Waals surface area contributed by atoms with Crippen LogP contribution in [0.3, 0.4) is 0 Å². The van der Waals surface area contributed by atoms with Gasteiger partial charge in [0, 0.05) is 24.1 Å². The SMILES string of the molecule is O=C(CCSc1nccc(C(F)(F)F)n1)Nc1ccccc1. The fourth-order valence-electron chi connectivity index (χ4n) is 1.55. The van der Waals surface area contributed by atoms with Crippen LogP contribution in [0.5, 0.6) is 0 Å². The summed E-state index contributed by atoms with van der Waals surface area (Å²) in [6, 6.07) is 9.73. The predicted molar refractivity (Wildman–Crippen MR) is 77.4 cm³/mol. The first-order chi connectivity index (χ1) is 10.4. The first-order valence-corrected chi connectivity index (χ1v) is 7.31. The highest BCUT2D eigenvalue weighted by Crippen LogP contribution is 2.28. The smallest absolute Gasteiger partial charge is 0.326 e. The van der Waals surface area contributed by atoms with Gasteiger partial charge in [0.2, 0.25) is 5.91 Å². The number of nitrogens with one attached hydrogen (secondary N) is 1. The molecule has 2 rings (SSSR count). The van der Waals surface area contributed by atoms with Crippen molar-refractivity contribution < 1.29 is 18.0 Å². The third kappa shape index (κ3) is 5.03. The van der Waals surface area contributed by atoms with Crippen molar-refractivity contribution in [1.29, 1.82) is 0 Å². The van der Waals surface area contributed by atoms with Crippen LogP contribution in [-0.4, -0.2) is 21.6 Å². The second kappa shape index (κ2) is 7.26. The van der Waals surface area contributed by atoms with Crippen molar-refractivity contribution in [3.8, 4) is 0 Å². The maximum absolute atomic E-state index is 12.5. The summed E-state index contributed by atoms with van der Waals surface area (Å²) in [5.74, 6) is 0.0747. The number of carbonyl (C=O) groups is 1. The van der Waals surface area contributed by atoms with Crippen LogP contribution >= 0.6 is 11.8 Å². The number of carbonyl (C=O) groups excluding carboxylic acids is 1. The van der Waals surface area contributed by atoms with Crippen LogP contribution in [0, 0.1) is 0 Å². The lowest BCUT2D eigenvalue weighted by atomic mass is 10.3. The van der Waals surface area contributed by atoms with Crippen LogP contribution in [-0.2, 0) is 11.0 Å². The molecule has 0 aliphatic heterocycles. The molecule has 0 radical (unpaired) electrons. The maximum Gasteiger partial charge on any atom is 0.433 e. The molecule has 0 unspecified atom stereocenters. The van der Waals surface area contributed by atoms with Gasteiger partial charge in [-0.15, -0.1) is 0 Å². The molecule has 1 aromatic heterocycles. The number of amides is 1. The van der Waals surface area contributed by atoms with Gasteiger partial charge in [-0.25, -0.2) is 9.97 Å². The van der Waals surface area contributed by atoms with Gasteiger partial charge >= 0.3 is 6.18 Å². The summed E-state index contributed by atoms with van der Waals surface area (Å²) in [5, 5.41) is 2.69. The molecule has 1 aromatic carbocycles. The normalized spacial score (nSPS) is 11.2. The van der Waals surface area contributed by atoms with Crippen molar-refractivity contribution in [1.82, 2.24) is 9.97 Å². The molecule has 0 fully saturated rings. The van der Waals surface area contributed by atoms with Crippen LogP contribution in [0.25, 0.3) is 0 Å². The fourth-order valence-corrected chi connectivity index (χ4v) is 2.32. The molecule has 1 N–H and O–H groups in total. The Balaban J connectivity index is 1.82. The average molecular weight is 327 g/mol. The maximum atomic E-state index is 12.5. The molecule has 22 heavy (non-hydrogen) atoms. The molecule has 0 atom stereocenters. The highest BCUT2D eigenvalue weighted by atomic mass is 32.2. The Morgan fingerprint density at radius 3 is 2.59 bits per heavy atom. The van der Waals surface area contributed by atoms with Crippen LogP contribution in [0.1, 0.15) is 12.1 Å². The summed E-state index contributed by atoms with van der Waals surface area (Å²) < 4.78 is 37.5. The van der Waals surface area contributed by atoms with Gasteiger partial charge in [-0.05, 0) is 18.2 Å². The Morgan fingerprint density at radius 2 is 1.91 bits per heavy atom. The molecule has 0 saturated carbocycles. The molecule has 0 spiro atoms. The van der Waals surface area contributed by atoms with E-state index in [2.05, 4.69) is 15.3 Å². The molecule has 1 amide bonds.